The van der Waals surface area contributed by atoms with Gasteiger partial charge in [-0.3, -0.25) is 4.79 Å². The second-order valence-electron chi connectivity index (χ2n) is 6.21. The highest BCUT2D eigenvalue weighted by Crippen LogP contribution is 2.51. The molecular formula is C17H26N2O. The first-order valence-electron chi connectivity index (χ1n) is 7.60. The lowest BCUT2D eigenvalue weighted by atomic mass is 9.92. The minimum atomic E-state index is 0.0728. The lowest BCUT2D eigenvalue weighted by molar-refractivity contribution is 0.0939. The molecule has 2 rings (SSSR count). The first-order valence-corrected chi connectivity index (χ1v) is 7.60. The molecule has 20 heavy (non-hydrogen) atoms. The summed E-state index contributed by atoms with van der Waals surface area (Å²) in [6, 6.07) is 7.91. The van der Waals surface area contributed by atoms with Crippen LogP contribution in [0, 0.1) is 11.3 Å². The Labute approximate surface area is 122 Å². The van der Waals surface area contributed by atoms with Gasteiger partial charge in [-0.15, -0.1) is 0 Å². The van der Waals surface area contributed by atoms with E-state index in [1.54, 1.807) is 0 Å². The molecule has 1 fully saturated rings. The predicted octanol–water partition coefficient (Wildman–Crippen LogP) is 2.61. The zero-order valence-electron chi connectivity index (χ0n) is 12.8. The number of amides is 1. The molecular weight excluding hydrogens is 248 g/mol. The number of hydrogen-bond acceptors (Lipinski definition) is 2. The molecule has 0 aromatic heterocycles. The van der Waals surface area contributed by atoms with Crippen LogP contribution in [0.2, 0.25) is 0 Å². The number of likely N-dealkylation sites (N-methyl/N-ethyl adjacent to an activating group) is 1. The minimum Gasteiger partial charge on any atom is -0.351 e. The summed E-state index contributed by atoms with van der Waals surface area (Å²) >= 11 is 0. The molecule has 3 heteroatoms. The molecule has 1 aromatic carbocycles. The van der Waals surface area contributed by atoms with Gasteiger partial charge in [0.1, 0.15) is 0 Å². The van der Waals surface area contributed by atoms with E-state index in [2.05, 4.69) is 24.5 Å². The van der Waals surface area contributed by atoms with Gasteiger partial charge in [0.2, 0.25) is 0 Å². The Morgan fingerprint density at radius 2 is 2.00 bits per heavy atom. The Morgan fingerprint density at radius 1 is 1.30 bits per heavy atom. The van der Waals surface area contributed by atoms with Gasteiger partial charge < -0.3 is 10.6 Å². The monoisotopic (exact) mass is 274 g/mol. The summed E-state index contributed by atoms with van der Waals surface area (Å²) in [6.45, 7) is 6.20. The Morgan fingerprint density at radius 3 is 2.60 bits per heavy atom. The van der Waals surface area contributed by atoms with Crippen molar-refractivity contribution in [3.05, 3.63) is 35.4 Å². The fraction of sp³-hybridized carbons (Fsp3) is 0.588. The largest absolute Gasteiger partial charge is 0.351 e. The topological polar surface area (TPSA) is 41.1 Å². The third-order valence-electron chi connectivity index (χ3n) is 4.62. The standard InChI is InChI=1S/C17H26N2O/c1-13(2)17(9-10-17)12-19-16(20)15-7-5-4-6-14(15)8-11-18-3/h4-7,13,18H,8-12H2,1-3H3,(H,19,20). The van der Waals surface area contributed by atoms with Crippen molar-refractivity contribution in [2.24, 2.45) is 11.3 Å². The lowest BCUT2D eigenvalue weighted by Gasteiger charge is -2.20. The van der Waals surface area contributed by atoms with E-state index in [1.807, 2.05) is 31.3 Å². The summed E-state index contributed by atoms with van der Waals surface area (Å²) in [5, 5.41) is 6.27. The molecule has 110 valence electrons. The van der Waals surface area contributed by atoms with Gasteiger partial charge in [0.05, 0.1) is 0 Å². The normalized spacial score (nSPS) is 16.2. The minimum absolute atomic E-state index is 0.0728. The second-order valence-corrected chi connectivity index (χ2v) is 6.21. The zero-order valence-corrected chi connectivity index (χ0v) is 12.8. The van der Waals surface area contributed by atoms with Crippen LogP contribution in [-0.2, 0) is 6.42 Å². The molecule has 0 aliphatic heterocycles. The van der Waals surface area contributed by atoms with Crippen LogP contribution in [0.25, 0.3) is 0 Å². The first-order chi connectivity index (χ1) is 9.59. The third kappa shape index (κ3) is 3.40. The number of hydrogen-bond donors (Lipinski definition) is 2. The van der Waals surface area contributed by atoms with Crippen molar-refractivity contribution < 1.29 is 4.79 Å². The summed E-state index contributed by atoms with van der Waals surface area (Å²) < 4.78 is 0. The molecule has 0 unspecified atom stereocenters. The van der Waals surface area contributed by atoms with E-state index in [4.69, 9.17) is 0 Å². The van der Waals surface area contributed by atoms with Gasteiger partial charge in [-0.05, 0) is 55.8 Å². The number of rotatable bonds is 7. The summed E-state index contributed by atoms with van der Waals surface area (Å²) in [4.78, 5) is 12.4. The maximum absolute atomic E-state index is 12.4. The van der Waals surface area contributed by atoms with Crippen molar-refractivity contribution in [1.82, 2.24) is 10.6 Å². The number of nitrogens with one attached hydrogen (secondary N) is 2. The smallest absolute Gasteiger partial charge is 0.251 e. The molecule has 0 atom stereocenters. The van der Waals surface area contributed by atoms with Gasteiger partial charge in [0.15, 0.2) is 0 Å². The molecule has 1 aliphatic carbocycles. The van der Waals surface area contributed by atoms with Crippen molar-refractivity contribution in [1.29, 1.82) is 0 Å². The summed E-state index contributed by atoms with van der Waals surface area (Å²) in [6.07, 6.45) is 3.37. The predicted molar refractivity (Wildman–Crippen MR) is 82.9 cm³/mol. The van der Waals surface area contributed by atoms with Crippen molar-refractivity contribution in [3.63, 3.8) is 0 Å². The third-order valence-corrected chi connectivity index (χ3v) is 4.62. The molecule has 0 heterocycles. The van der Waals surface area contributed by atoms with Crippen molar-refractivity contribution >= 4 is 5.91 Å². The Hall–Kier alpha value is -1.35. The van der Waals surface area contributed by atoms with E-state index in [0.29, 0.717) is 11.3 Å². The molecule has 1 amide bonds. The van der Waals surface area contributed by atoms with Crippen LogP contribution in [0.4, 0.5) is 0 Å². The zero-order chi connectivity index (χ0) is 14.6. The summed E-state index contributed by atoms with van der Waals surface area (Å²) in [5.74, 6) is 0.714. The van der Waals surface area contributed by atoms with Gasteiger partial charge in [0, 0.05) is 12.1 Å². The Balaban J connectivity index is 1.98. The van der Waals surface area contributed by atoms with E-state index in [-0.39, 0.29) is 5.91 Å². The van der Waals surface area contributed by atoms with Crippen LogP contribution in [-0.4, -0.2) is 26.0 Å². The molecule has 0 saturated heterocycles. The number of carbonyl (C=O) groups is 1. The highest BCUT2D eigenvalue weighted by atomic mass is 16.1. The lowest BCUT2D eigenvalue weighted by Crippen LogP contribution is -2.33. The molecule has 0 spiro atoms. The fourth-order valence-corrected chi connectivity index (χ4v) is 2.69. The highest BCUT2D eigenvalue weighted by molar-refractivity contribution is 5.95. The molecule has 1 aromatic rings. The van der Waals surface area contributed by atoms with Gasteiger partial charge in [-0.1, -0.05) is 32.0 Å². The summed E-state index contributed by atoms with van der Waals surface area (Å²) in [7, 11) is 1.93. The summed E-state index contributed by atoms with van der Waals surface area (Å²) in [5.41, 5.74) is 2.30. The van der Waals surface area contributed by atoms with Crippen LogP contribution in [0.1, 0.15) is 42.6 Å². The van der Waals surface area contributed by atoms with Gasteiger partial charge in [-0.2, -0.15) is 0 Å². The van der Waals surface area contributed by atoms with Crippen LogP contribution < -0.4 is 10.6 Å². The average molecular weight is 274 g/mol. The Bertz CT molecular complexity index is 464. The maximum Gasteiger partial charge on any atom is 0.251 e. The number of carbonyl (C=O) groups excluding carboxylic acids is 1. The SMILES string of the molecule is CNCCc1ccccc1C(=O)NCC1(C(C)C)CC1. The van der Waals surface area contributed by atoms with Crippen LogP contribution in [0.15, 0.2) is 24.3 Å². The van der Waals surface area contributed by atoms with E-state index >= 15 is 0 Å². The van der Waals surface area contributed by atoms with E-state index in [9.17, 15) is 4.79 Å². The molecule has 1 aliphatic rings. The van der Waals surface area contributed by atoms with Crippen LogP contribution in [0.3, 0.4) is 0 Å². The van der Waals surface area contributed by atoms with Crippen molar-refractivity contribution in [2.45, 2.75) is 33.1 Å². The molecule has 0 radical (unpaired) electrons. The maximum atomic E-state index is 12.4. The average Bonchev–Trinajstić information content (AvgIpc) is 3.24. The van der Waals surface area contributed by atoms with Crippen molar-refractivity contribution in [3.8, 4) is 0 Å². The van der Waals surface area contributed by atoms with Gasteiger partial charge in [-0.25, -0.2) is 0 Å². The van der Waals surface area contributed by atoms with E-state index < -0.39 is 0 Å². The fourth-order valence-electron chi connectivity index (χ4n) is 2.69. The van der Waals surface area contributed by atoms with E-state index in [1.165, 1.54) is 12.8 Å². The van der Waals surface area contributed by atoms with Crippen LogP contribution >= 0.6 is 0 Å². The number of benzene rings is 1. The van der Waals surface area contributed by atoms with E-state index in [0.717, 1.165) is 30.6 Å². The van der Waals surface area contributed by atoms with Crippen molar-refractivity contribution in [2.75, 3.05) is 20.1 Å². The molecule has 1 saturated carbocycles. The van der Waals surface area contributed by atoms with Crippen LogP contribution in [0.5, 0.6) is 0 Å². The van der Waals surface area contributed by atoms with Gasteiger partial charge in [0.25, 0.3) is 5.91 Å². The highest BCUT2D eigenvalue weighted by Gasteiger charge is 2.45. The molecule has 3 nitrogen and oxygen atoms in total. The second kappa shape index (κ2) is 6.40. The first kappa shape index (κ1) is 15.0. The molecule has 2 N–H and O–H groups in total. The van der Waals surface area contributed by atoms with Gasteiger partial charge >= 0.3 is 0 Å². The Kier molecular flexibility index (Phi) is 4.81. The quantitative estimate of drug-likeness (QED) is 0.802. The molecule has 0 bridgehead atoms.